The molecule has 1 aliphatic carbocycles. The van der Waals surface area contributed by atoms with Crippen molar-refractivity contribution in [3.05, 3.63) is 102 Å². The largest absolute Gasteiger partial charge is 0.0732 e. The molecule has 130 valence electrons. The molecule has 0 saturated heterocycles. The summed E-state index contributed by atoms with van der Waals surface area (Å²) in [5.41, 5.74) is 4.53. The van der Waals surface area contributed by atoms with Crippen LogP contribution in [-0.4, -0.2) is 6.16 Å². The summed E-state index contributed by atoms with van der Waals surface area (Å²) in [6, 6.07) is 31.1. The molecule has 0 radical (unpaired) electrons. The quantitative estimate of drug-likeness (QED) is 0.468. The van der Waals surface area contributed by atoms with Crippen LogP contribution in [0, 0.1) is 0 Å². The van der Waals surface area contributed by atoms with E-state index in [2.05, 4.69) is 97.9 Å². The van der Waals surface area contributed by atoms with E-state index in [-0.39, 0.29) is 7.92 Å². The van der Waals surface area contributed by atoms with Gasteiger partial charge in [-0.15, -0.1) is 0 Å². The predicted molar refractivity (Wildman–Crippen MR) is 116 cm³/mol. The van der Waals surface area contributed by atoms with Gasteiger partial charge in [0.25, 0.3) is 0 Å². The Bertz CT molecular complexity index is 841. The lowest BCUT2D eigenvalue weighted by Crippen LogP contribution is -2.14. The topological polar surface area (TPSA) is 0 Å². The second kappa shape index (κ2) is 8.02. The van der Waals surface area contributed by atoms with Crippen molar-refractivity contribution < 1.29 is 0 Å². The van der Waals surface area contributed by atoms with Gasteiger partial charge in [0.15, 0.2) is 0 Å². The molecule has 0 spiro atoms. The Balaban J connectivity index is 1.59. The molecule has 0 bridgehead atoms. The minimum Gasteiger partial charge on any atom is -0.0732 e. The van der Waals surface area contributed by atoms with Gasteiger partial charge in [-0.3, -0.25) is 0 Å². The highest BCUT2D eigenvalue weighted by atomic mass is 31.1. The Morgan fingerprint density at radius 3 is 1.92 bits per heavy atom. The van der Waals surface area contributed by atoms with Crippen LogP contribution < -0.4 is 10.6 Å². The third-order valence-electron chi connectivity index (χ3n) is 5.29. The van der Waals surface area contributed by atoms with Gasteiger partial charge in [-0.1, -0.05) is 97.9 Å². The highest BCUT2D eigenvalue weighted by Crippen LogP contribution is 2.43. The molecule has 0 nitrogen and oxygen atoms in total. The SMILES string of the molecule is CCC1=CC(CCP(c2ccccc2)c2ccccc2)c2ccccc21. The van der Waals surface area contributed by atoms with Crippen LogP contribution in [0.5, 0.6) is 0 Å². The molecule has 1 heteroatoms. The number of hydrogen-bond donors (Lipinski definition) is 0. The Morgan fingerprint density at radius 1 is 0.731 bits per heavy atom. The molecule has 0 N–H and O–H groups in total. The molecule has 0 saturated carbocycles. The highest BCUT2D eigenvalue weighted by molar-refractivity contribution is 7.73. The molecule has 26 heavy (non-hydrogen) atoms. The summed E-state index contributed by atoms with van der Waals surface area (Å²) in [7, 11) is -0.304. The highest BCUT2D eigenvalue weighted by Gasteiger charge is 2.23. The van der Waals surface area contributed by atoms with Gasteiger partial charge in [0.1, 0.15) is 0 Å². The fourth-order valence-electron chi connectivity index (χ4n) is 3.97. The van der Waals surface area contributed by atoms with Crippen molar-refractivity contribution in [1.29, 1.82) is 0 Å². The summed E-state index contributed by atoms with van der Waals surface area (Å²) in [5, 5.41) is 2.97. The fraction of sp³-hybridized carbons (Fsp3) is 0.200. The summed E-state index contributed by atoms with van der Waals surface area (Å²) in [6.07, 6.45) is 6.10. The van der Waals surface area contributed by atoms with E-state index in [1.54, 1.807) is 0 Å². The molecular formula is C25H25P. The molecule has 3 aromatic carbocycles. The van der Waals surface area contributed by atoms with Crippen molar-refractivity contribution in [2.24, 2.45) is 0 Å². The number of hydrogen-bond acceptors (Lipinski definition) is 0. The van der Waals surface area contributed by atoms with Crippen molar-refractivity contribution >= 4 is 24.1 Å². The van der Waals surface area contributed by atoms with Gasteiger partial charge in [0.05, 0.1) is 0 Å². The molecule has 0 heterocycles. The number of rotatable bonds is 6. The fourth-order valence-corrected chi connectivity index (χ4v) is 6.39. The molecule has 0 fully saturated rings. The van der Waals surface area contributed by atoms with E-state index in [1.807, 2.05) is 0 Å². The minimum atomic E-state index is -0.304. The van der Waals surface area contributed by atoms with Crippen LogP contribution >= 0.6 is 7.92 Å². The predicted octanol–water partition coefficient (Wildman–Crippen LogP) is 6.10. The Morgan fingerprint density at radius 2 is 1.31 bits per heavy atom. The molecule has 1 atom stereocenters. The van der Waals surface area contributed by atoms with E-state index in [9.17, 15) is 0 Å². The standard InChI is InChI=1S/C25H25P/c1-2-20-19-21(25-16-10-9-15-24(20)25)17-18-26(22-11-5-3-6-12-22)23-13-7-4-8-14-23/h3-16,19,21H,2,17-18H2,1H3. The summed E-state index contributed by atoms with van der Waals surface area (Å²) < 4.78 is 0. The van der Waals surface area contributed by atoms with Crippen molar-refractivity contribution in [3.8, 4) is 0 Å². The smallest absolute Gasteiger partial charge is 0.00335 e. The molecule has 3 aromatic rings. The minimum absolute atomic E-state index is 0.304. The van der Waals surface area contributed by atoms with Gasteiger partial charge >= 0.3 is 0 Å². The van der Waals surface area contributed by atoms with Gasteiger partial charge < -0.3 is 0 Å². The van der Waals surface area contributed by atoms with E-state index in [4.69, 9.17) is 0 Å². The average Bonchev–Trinajstić information content (AvgIpc) is 3.08. The van der Waals surface area contributed by atoms with E-state index in [0.717, 1.165) is 6.42 Å². The Labute approximate surface area is 158 Å². The first-order valence-electron chi connectivity index (χ1n) is 9.54. The summed E-state index contributed by atoms with van der Waals surface area (Å²) in [4.78, 5) is 0. The zero-order chi connectivity index (χ0) is 17.8. The van der Waals surface area contributed by atoms with Crippen LogP contribution in [0.1, 0.15) is 36.8 Å². The molecule has 0 aliphatic heterocycles. The van der Waals surface area contributed by atoms with Crippen LogP contribution in [0.2, 0.25) is 0 Å². The maximum Gasteiger partial charge on any atom is 0.00335 e. The first-order valence-corrected chi connectivity index (χ1v) is 11.1. The van der Waals surface area contributed by atoms with Gasteiger partial charge in [0.2, 0.25) is 0 Å². The van der Waals surface area contributed by atoms with E-state index < -0.39 is 0 Å². The summed E-state index contributed by atoms with van der Waals surface area (Å²) in [6.45, 7) is 2.27. The first kappa shape index (κ1) is 17.3. The second-order valence-electron chi connectivity index (χ2n) is 6.85. The molecule has 1 unspecified atom stereocenters. The third kappa shape index (κ3) is 3.53. The lowest BCUT2D eigenvalue weighted by atomic mass is 9.98. The summed E-state index contributed by atoms with van der Waals surface area (Å²) in [5.74, 6) is 0.568. The van der Waals surface area contributed by atoms with E-state index in [1.165, 1.54) is 39.9 Å². The number of fused-ring (bicyclic) bond motifs is 1. The molecule has 0 aromatic heterocycles. The monoisotopic (exact) mass is 356 g/mol. The van der Waals surface area contributed by atoms with Crippen LogP contribution in [0.15, 0.2) is 91.0 Å². The van der Waals surface area contributed by atoms with Crippen molar-refractivity contribution in [3.63, 3.8) is 0 Å². The van der Waals surface area contributed by atoms with Crippen LogP contribution in [0.3, 0.4) is 0 Å². The van der Waals surface area contributed by atoms with Crippen LogP contribution in [0.4, 0.5) is 0 Å². The Kier molecular flexibility index (Phi) is 5.32. The lowest BCUT2D eigenvalue weighted by molar-refractivity contribution is 0.825. The maximum absolute atomic E-state index is 2.52. The normalized spacial score (nSPS) is 15.8. The van der Waals surface area contributed by atoms with Gasteiger partial charge in [-0.2, -0.15) is 0 Å². The van der Waals surface area contributed by atoms with Gasteiger partial charge in [0, 0.05) is 5.92 Å². The van der Waals surface area contributed by atoms with Crippen LogP contribution in [0.25, 0.3) is 5.57 Å². The Hall–Kier alpha value is -2.17. The first-order chi connectivity index (χ1) is 12.9. The summed E-state index contributed by atoms with van der Waals surface area (Å²) >= 11 is 0. The third-order valence-corrected chi connectivity index (χ3v) is 7.84. The van der Waals surface area contributed by atoms with Crippen molar-refractivity contribution in [2.45, 2.75) is 25.7 Å². The maximum atomic E-state index is 2.52. The van der Waals surface area contributed by atoms with E-state index >= 15 is 0 Å². The van der Waals surface area contributed by atoms with Gasteiger partial charge in [-0.05, 0) is 54.2 Å². The molecule has 0 amide bonds. The van der Waals surface area contributed by atoms with Crippen LogP contribution in [-0.2, 0) is 0 Å². The molecule has 1 aliphatic rings. The van der Waals surface area contributed by atoms with Crippen molar-refractivity contribution in [2.75, 3.05) is 6.16 Å². The van der Waals surface area contributed by atoms with E-state index in [0.29, 0.717) is 5.92 Å². The molecule has 4 rings (SSSR count). The average molecular weight is 356 g/mol. The van der Waals surface area contributed by atoms with Crippen molar-refractivity contribution in [1.82, 2.24) is 0 Å². The lowest BCUT2D eigenvalue weighted by Gasteiger charge is -2.21. The number of benzene rings is 3. The molecular weight excluding hydrogens is 331 g/mol. The second-order valence-corrected chi connectivity index (χ2v) is 9.19. The number of allylic oxidation sites excluding steroid dienone is 2. The zero-order valence-electron chi connectivity index (χ0n) is 15.3. The van der Waals surface area contributed by atoms with Gasteiger partial charge in [-0.25, -0.2) is 0 Å². The zero-order valence-corrected chi connectivity index (χ0v) is 16.2.